The average molecular weight is 338 g/mol. The van der Waals surface area contributed by atoms with Crippen molar-refractivity contribution in [2.75, 3.05) is 5.32 Å². The van der Waals surface area contributed by atoms with Gasteiger partial charge in [-0.15, -0.1) is 0 Å². The van der Waals surface area contributed by atoms with E-state index >= 15 is 0 Å². The Hall–Kier alpha value is -2.08. The van der Waals surface area contributed by atoms with E-state index in [2.05, 4.69) is 21.2 Å². The summed E-state index contributed by atoms with van der Waals surface area (Å²) >= 11 is 3.24. The van der Waals surface area contributed by atoms with E-state index in [1.54, 1.807) is 19.9 Å². The highest BCUT2D eigenvalue weighted by molar-refractivity contribution is 9.10. The van der Waals surface area contributed by atoms with E-state index in [1.807, 2.05) is 0 Å². The van der Waals surface area contributed by atoms with Crippen LogP contribution in [0, 0.1) is 13.8 Å². The molecule has 0 spiro atoms. The lowest BCUT2D eigenvalue weighted by Crippen LogP contribution is -2.12. The Labute approximate surface area is 123 Å². The molecule has 0 bridgehead atoms. The molecule has 0 unspecified atom stereocenters. The number of rotatable bonds is 3. The van der Waals surface area contributed by atoms with E-state index < -0.39 is 5.97 Å². The number of aryl methyl sites for hydroxylation is 2. The Bertz CT molecular complexity index is 690. The molecule has 0 aliphatic rings. The normalized spacial score (nSPS) is 10.3. The van der Waals surface area contributed by atoms with Crippen molar-refractivity contribution in [3.63, 3.8) is 0 Å². The molecule has 1 aromatic carbocycles. The summed E-state index contributed by atoms with van der Waals surface area (Å²) in [7, 11) is 0. The molecule has 0 aliphatic carbocycles. The zero-order chi connectivity index (χ0) is 14.9. The molecule has 1 heterocycles. The van der Waals surface area contributed by atoms with E-state index in [1.165, 1.54) is 18.2 Å². The Morgan fingerprint density at radius 2 is 1.95 bits per heavy atom. The zero-order valence-corrected chi connectivity index (χ0v) is 12.4. The number of aromatic carboxylic acids is 1. The number of carboxylic acid groups (broad SMARTS) is 1. The minimum absolute atomic E-state index is 0.144. The summed E-state index contributed by atoms with van der Waals surface area (Å²) in [5.41, 5.74) is 1.10. The Balaban J connectivity index is 2.24. The van der Waals surface area contributed by atoms with E-state index in [-0.39, 0.29) is 11.5 Å². The van der Waals surface area contributed by atoms with Gasteiger partial charge in [0.2, 0.25) is 0 Å². The maximum Gasteiger partial charge on any atom is 0.335 e. The van der Waals surface area contributed by atoms with Crippen molar-refractivity contribution in [2.24, 2.45) is 0 Å². The summed E-state index contributed by atoms with van der Waals surface area (Å²) < 4.78 is 5.81. The second-order valence-corrected chi connectivity index (χ2v) is 5.14. The summed E-state index contributed by atoms with van der Waals surface area (Å²) in [6.07, 6.45) is 0. The van der Waals surface area contributed by atoms with Gasteiger partial charge in [0.05, 0.1) is 16.8 Å². The number of benzene rings is 1. The molecule has 2 rings (SSSR count). The minimum Gasteiger partial charge on any atom is -0.478 e. The van der Waals surface area contributed by atoms with Gasteiger partial charge in [-0.1, -0.05) is 0 Å². The number of furan rings is 1. The highest BCUT2D eigenvalue weighted by atomic mass is 79.9. The molecule has 0 aliphatic heterocycles. The third kappa shape index (κ3) is 2.91. The molecule has 1 aromatic heterocycles. The van der Waals surface area contributed by atoms with Gasteiger partial charge in [0.25, 0.3) is 5.91 Å². The average Bonchev–Trinajstić information content (AvgIpc) is 2.70. The maximum absolute atomic E-state index is 12.1. The summed E-state index contributed by atoms with van der Waals surface area (Å²) in [4.78, 5) is 22.9. The van der Waals surface area contributed by atoms with Gasteiger partial charge in [0.15, 0.2) is 0 Å². The molecule has 0 fully saturated rings. The molecule has 1 amide bonds. The fourth-order valence-electron chi connectivity index (χ4n) is 1.80. The van der Waals surface area contributed by atoms with Crippen LogP contribution in [-0.4, -0.2) is 17.0 Å². The quantitative estimate of drug-likeness (QED) is 0.896. The molecule has 5 nitrogen and oxygen atoms in total. The van der Waals surface area contributed by atoms with Gasteiger partial charge in [-0.2, -0.15) is 0 Å². The summed E-state index contributed by atoms with van der Waals surface area (Å²) in [5.74, 6) is -0.126. The van der Waals surface area contributed by atoms with Crippen molar-refractivity contribution in [3.05, 3.63) is 51.4 Å². The lowest BCUT2D eigenvalue weighted by molar-refractivity contribution is 0.0696. The lowest BCUT2D eigenvalue weighted by Gasteiger charge is -2.07. The number of hydrogen-bond donors (Lipinski definition) is 2. The van der Waals surface area contributed by atoms with Crippen LogP contribution in [0.2, 0.25) is 0 Å². The van der Waals surface area contributed by atoms with Gasteiger partial charge in [0, 0.05) is 4.47 Å². The van der Waals surface area contributed by atoms with E-state index in [9.17, 15) is 9.59 Å². The number of hydrogen-bond acceptors (Lipinski definition) is 3. The number of halogens is 1. The molecule has 0 saturated carbocycles. The first-order valence-electron chi connectivity index (χ1n) is 5.79. The van der Waals surface area contributed by atoms with Crippen LogP contribution in [0.4, 0.5) is 5.69 Å². The first-order chi connectivity index (χ1) is 9.38. The van der Waals surface area contributed by atoms with Crippen molar-refractivity contribution < 1.29 is 19.1 Å². The predicted molar refractivity (Wildman–Crippen MR) is 77.2 cm³/mol. The molecule has 0 radical (unpaired) electrons. The number of amides is 1. The van der Waals surface area contributed by atoms with Crippen molar-refractivity contribution in [3.8, 4) is 0 Å². The molecule has 2 aromatic rings. The molecule has 2 N–H and O–H groups in total. The highest BCUT2D eigenvalue weighted by Crippen LogP contribution is 2.25. The number of nitrogens with one attached hydrogen (secondary N) is 1. The van der Waals surface area contributed by atoms with E-state index in [4.69, 9.17) is 9.52 Å². The van der Waals surface area contributed by atoms with Crippen molar-refractivity contribution >= 4 is 33.5 Å². The molecular formula is C14H12BrNO4. The first-order valence-corrected chi connectivity index (χ1v) is 6.59. The van der Waals surface area contributed by atoms with Gasteiger partial charge in [0.1, 0.15) is 11.5 Å². The van der Waals surface area contributed by atoms with E-state index in [0.717, 1.165) is 0 Å². The third-order valence-corrected chi connectivity index (χ3v) is 3.41. The van der Waals surface area contributed by atoms with Gasteiger partial charge < -0.3 is 14.8 Å². The van der Waals surface area contributed by atoms with Gasteiger partial charge in [-0.25, -0.2) is 4.79 Å². The minimum atomic E-state index is -1.02. The third-order valence-electron chi connectivity index (χ3n) is 2.75. The van der Waals surface area contributed by atoms with Crippen molar-refractivity contribution in [1.82, 2.24) is 0 Å². The number of carbonyl (C=O) groups excluding carboxylic acids is 1. The second-order valence-electron chi connectivity index (χ2n) is 4.28. The van der Waals surface area contributed by atoms with Gasteiger partial charge in [-0.3, -0.25) is 4.79 Å². The Morgan fingerprint density at radius 1 is 1.25 bits per heavy atom. The van der Waals surface area contributed by atoms with Gasteiger partial charge >= 0.3 is 5.97 Å². The fraction of sp³-hybridized carbons (Fsp3) is 0.143. The van der Waals surface area contributed by atoms with Crippen LogP contribution >= 0.6 is 15.9 Å². The number of carbonyl (C=O) groups is 2. The number of carboxylic acids is 1. The van der Waals surface area contributed by atoms with Crippen molar-refractivity contribution in [2.45, 2.75) is 13.8 Å². The molecule has 20 heavy (non-hydrogen) atoms. The largest absolute Gasteiger partial charge is 0.478 e. The first kappa shape index (κ1) is 14.3. The predicted octanol–water partition coefficient (Wildman–Crippen LogP) is 3.61. The lowest BCUT2D eigenvalue weighted by atomic mass is 10.2. The van der Waals surface area contributed by atoms with Crippen LogP contribution in [0.5, 0.6) is 0 Å². The SMILES string of the molecule is Cc1cc(C(=O)Nc2ccc(C(=O)O)cc2Br)c(C)o1. The summed E-state index contributed by atoms with van der Waals surface area (Å²) in [6.45, 7) is 3.48. The Morgan fingerprint density at radius 3 is 2.45 bits per heavy atom. The molecular weight excluding hydrogens is 326 g/mol. The van der Waals surface area contributed by atoms with Crippen LogP contribution in [0.15, 0.2) is 33.2 Å². The van der Waals surface area contributed by atoms with E-state index in [0.29, 0.717) is 27.2 Å². The second kappa shape index (κ2) is 5.50. The monoisotopic (exact) mass is 337 g/mol. The fourth-order valence-corrected chi connectivity index (χ4v) is 2.27. The molecule has 104 valence electrons. The van der Waals surface area contributed by atoms with Gasteiger partial charge in [-0.05, 0) is 54.0 Å². The smallest absolute Gasteiger partial charge is 0.335 e. The zero-order valence-electron chi connectivity index (χ0n) is 10.9. The van der Waals surface area contributed by atoms with Crippen LogP contribution in [0.3, 0.4) is 0 Å². The van der Waals surface area contributed by atoms with Crippen LogP contribution in [0.1, 0.15) is 32.2 Å². The molecule has 6 heteroatoms. The van der Waals surface area contributed by atoms with Crippen LogP contribution in [0.25, 0.3) is 0 Å². The molecule has 0 atom stereocenters. The van der Waals surface area contributed by atoms with Crippen LogP contribution in [-0.2, 0) is 0 Å². The summed E-state index contributed by atoms with van der Waals surface area (Å²) in [6, 6.07) is 6.06. The van der Waals surface area contributed by atoms with Crippen molar-refractivity contribution in [1.29, 1.82) is 0 Å². The number of anilines is 1. The Kier molecular flexibility index (Phi) is 3.94. The molecule has 0 saturated heterocycles. The highest BCUT2D eigenvalue weighted by Gasteiger charge is 2.15. The maximum atomic E-state index is 12.1. The van der Waals surface area contributed by atoms with Crippen LogP contribution < -0.4 is 5.32 Å². The summed E-state index contributed by atoms with van der Waals surface area (Å²) in [5, 5.41) is 11.6. The topological polar surface area (TPSA) is 79.5 Å². The standard InChI is InChI=1S/C14H12BrNO4/c1-7-5-10(8(2)20-7)13(17)16-12-4-3-9(14(18)19)6-11(12)15/h3-6H,1-2H3,(H,16,17)(H,18,19).